The minimum Gasteiger partial charge on any atom is -0.399 e. The maximum Gasteiger partial charge on any atom is 0.240 e. The number of sulfonamides is 1. The van der Waals surface area contributed by atoms with Gasteiger partial charge in [0.05, 0.1) is 4.90 Å². The van der Waals surface area contributed by atoms with Gasteiger partial charge in [-0.05, 0) is 30.0 Å². The van der Waals surface area contributed by atoms with Gasteiger partial charge in [0.25, 0.3) is 0 Å². The van der Waals surface area contributed by atoms with Crippen molar-refractivity contribution in [2.45, 2.75) is 32.1 Å². The Hall–Kier alpha value is -1.07. The maximum absolute atomic E-state index is 12.0. The van der Waals surface area contributed by atoms with E-state index in [1.165, 1.54) is 12.1 Å². The summed E-state index contributed by atoms with van der Waals surface area (Å²) in [6, 6.07) is 6.29. The number of nitrogen functional groups attached to an aromatic ring is 1. The first-order chi connectivity index (χ1) is 7.77. The van der Waals surface area contributed by atoms with Crippen molar-refractivity contribution in [2.75, 3.05) is 12.3 Å². The average molecular weight is 256 g/mol. The summed E-state index contributed by atoms with van der Waals surface area (Å²) in [6.45, 7) is 6.50. The van der Waals surface area contributed by atoms with E-state index in [-0.39, 0.29) is 10.3 Å². The van der Waals surface area contributed by atoms with E-state index in [1.54, 1.807) is 12.1 Å². The van der Waals surface area contributed by atoms with Gasteiger partial charge in [0.1, 0.15) is 0 Å². The van der Waals surface area contributed by atoms with Gasteiger partial charge in [-0.2, -0.15) is 0 Å². The Morgan fingerprint density at radius 1 is 1.35 bits per heavy atom. The van der Waals surface area contributed by atoms with Crippen LogP contribution in [-0.4, -0.2) is 15.0 Å². The summed E-state index contributed by atoms with van der Waals surface area (Å²) in [4.78, 5) is 0.212. The first-order valence-electron chi connectivity index (χ1n) is 5.62. The molecule has 96 valence electrons. The Balaban J connectivity index is 2.83. The van der Waals surface area contributed by atoms with E-state index in [4.69, 9.17) is 5.73 Å². The molecule has 0 saturated heterocycles. The molecule has 0 radical (unpaired) electrons. The summed E-state index contributed by atoms with van der Waals surface area (Å²) in [5.74, 6) is 0. The highest BCUT2D eigenvalue weighted by atomic mass is 32.2. The quantitative estimate of drug-likeness (QED) is 0.791. The van der Waals surface area contributed by atoms with Crippen LogP contribution in [0, 0.1) is 5.41 Å². The predicted molar refractivity (Wildman–Crippen MR) is 70.1 cm³/mol. The van der Waals surface area contributed by atoms with Crippen LogP contribution in [0.25, 0.3) is 0 Å². The van der Waals surface area contributed by atoms with E-state index in [2.05, 4.69) is 4.72 Å². The highest BCUT2D eigenvalue weighted by Gasteiger charge is 2.20. The van der Waals surface area contributed by atoms with Gasteiger partial charge >= 0.3 is 0 Å². The van der Waals surface area contributed by atoms with Crippen LogP contribution in [0.2, 0.25) is 0 Å². The highest BCUT2D eigenvalue weighted by Crippen LogP contribution is 2.19. The molecule has 3 N–H and O–H groups in total. The van der Waals surface area contributed by atoms with Crippen LogP contribution in [0.5, 0.6) is 0 Å². The van der Waals surface area contributed by atoms with E-state index < -0.39 is 10.0 Å². The Labute approximate surface area is 103 Å². The summed E-state index contributed by atoms with van der Waals surface area (Å²) in [5, 5.41) is 0. The van der Waals surface area contributed by atoms with Gasteiger partial charge in [-0.15, -0.1) is 0 Å². The molecule has 0 fully saturated rings. The van der Waals surface area contributed by atoms with Crippen LogP contribution in [-0.2, 0) is 10.0 Å². The predicted octanol–water partition coefficient (Wildman–Crippen LogP) is 1.98. The van der Waals surface area contributed by atoms with Crippen molar-refractivity contribution >= 4 is 15.7 Å². The van der Waals surface area contributed by atoms with Crippen molar-refractivity contribution in [1.82, 2.24) is 4.72 Å². The molecule has 0 aliphatic carbocycles. The molecule has 0 unspecified atom stereocenters. The molecule has 0 bridgehead atoms. The zero-order valence-corrected chi connectivity index (χ0v) is 11.3. The smallest absolute Gasteiger partial charge is 0.240 e. The lowest BCUT2D eigenvalue weighted by Crippen LogP contribution is -2.33. The minimum atomic E-state index is -3.46. The van der Waals surface area contributed by atoms with Gasteiger partial charge in [-0.25, -0.2) is 13.1 Å². The second-order valence-electron chi connectivity index (χ2n) is 4.91. The molecule has 0 aliphatic heterocycles. The number of nitrogens with one attached hydrogen (secondary N) is 1. The maximum atomic E-state index is 12.0. The van der Waals surface area contributed by atoms with Crippen LogP contribution in [0.15, 0.2) is 29.2 Å². The van der Waals surface area contributed by atoms with Crippen molar-refractivity contribution in [3.8, 4) is 0 Å². The molecule has 4 nitrogen and oxygen atoms in total. The SMILES string of the molecule is CCC(C)(C)CNS(=O)(=O)c1cccc(N)c1. The number of benzene rings is 1. The van der Waals surface area contributed by atoms with Gasteiger partial charge in [0.2, 0.25) is 10.0 Å². The lowest BCUT2D eigenvalue weighted by Gasteiger charge is -2.22. The van der Waals surface area contributed by atoms with Crippen molar-refractivity contribution in [3.05, 3.63) is 24.3 Å². The van der Waals surface area contributed by atoms with Gasteiger partial charge in [-0.3, -0.25) is 0 Å². The molecule has 0 aliphatic rings. The number of nitrogens with two attached hydrogens (primary N) is 1. The molecular formula is C12H20N2O2S. The third-order valence-corrected chi connectivity index (χ3v) is 4.27. The normalized spacial score (nSPS) is 12.6. The number of anilines is 1. The van der Waals surface area contributed by atoms with Gasteiger partial charge in [0, 0.05) is 12.2 Å². The van der Waals surface area contributed by atoms with Gasteiger partial charge < -0.3 is 5.73 Å². The van der Waals surface area contributed by atoms with Crippen LogP contribution in [0.3, 0.4) is 0 Å². The summed E-state index contributed by atoms with van der Waals surface area (Å²) < 4.78 is 26.6. The molecule has 17 heavy (non-hydrogen) atoms. The molecule has 1 aromatic carbocycles. The fourth-order valence-electron chi connectivity index (χ4n) is 1.18. The van der Waals surface area contributed by atoms with Gasteiger partial charge in [0.15, 0.2) is 0 Å². The van der Waals surface area contributed by atoms with Crippen LogP contribution >= 0.6 is 0 Å². The molecule has 0 aromatic heterocycles. The second kappa shape index (κ2) is 5.06. The van der Waals surface area contributed by atoms with Crippen LogP contribution in [0.1, 0.15) is 27.2 Å². The second-order valence-corrected chi connectivity index (χ2v) is 6.68. The largest absolute Gasteiger partial charge is 0.399 e. The lowest BCUT2D eigenvalue weighted by atomic mass is 9.91. The topological polar surface area (TPSA) is 72.2 Å². The van der Waals surface area contributed by atoms with Crippen molar-refractivity contribution < 1.29 is 8.42 Å². The molecule has 5 heteroatoms. The van der Waals surface area contributed by atoms with E-state index in [9.17, 15) is 8.42 Å². The third-order valence-electron chi connectivity index (χ3n) is 2.87. The molecular weight excluding hydrogens is 236 g/mol. The number of rotatable bonds is 5. The first kappa shape index (κ1) is 14.0. The Bertz CT molecular complexity index is 481. The standard InChI is InChI=1S/C12H20N2O2S/c1-4-12(2,3)9-14-17(15,16)11-7-5-6-10(13)8-11/h5-8,14H,4,9,13H2,1-3H3. The lowest BCUT2D eigenvalue weighted by molar-refractivity contribution is 0.350. The molecule has 0 atom stereocenters. The Morgan fingerprint density at radius 2 is 2.00 bits per heavy atom. The Morgan fingerprint density at radius 3 is 2.53 bits per heavy atom. The van der Waals surface area contributed by atoms with E-state index >= 15 is 0 Å². The fraction of sp³-hybridized carbons (Fsp3) is 0.500. The number of hydrogen-bond donors (Lipinski definition) is 2. The van der Waals surface area contributed by atoms with Crippen molar-refractivity contribution in [3.63, 3.8) is 0 Å². The zero-order chi connectivity index (χ0) is 13.1. The van der Waals surface area contributed by atoms with Crippen molar-refractivity contribution in [2.24, 2.45) is 5.41 Å². The van der Waals surface area contributed by atoms with E-state index in [0.29, 0.717) is 12.2 Å². The number of hydrogen-bond acceptors (Lipinski definition) is 3. The van der Waals surface area contributed by atoms with Crippen molar-refractivity contribution in [1.29, 1.82) is 0 Å². The summed E-state index contributed by atoms with van der Waals surface area (Å²) in [5.41, 5.74) is 5.97. The molecule has 0 spiro atoms. The summed E-state index contributed by atoms with van der Waals surface area (Å²) >= 11 is 0. The molecule has 0 saturated carbocycles. The van der Waals surface area contributed by atoms with E-state index in [1.807, 2.05) is 20.8 Å². The fourth-order valence-corrected chi connectivity index (χ4v) is 2.48. The highest BCUT2D eigenvalue weighted by molar-refractivity contribution is 7.89. The van der Waals surface area contributed by atoms with Gasteiger partial charge in [-0.1, -0.05) is 26.8 Å². The monoisotopic (exact) mass is 256 g/mol. The minimum absolute atomic E-state index is 0.0482. The van der Waals surface area contributed by atoms with Crippen LogP contribution < -0.4 is 10.5 Å². The zero-order valence-electron chi connectivity index (χ0n) is 10.5. The molecule has 1 rings (SSSR count). The molecule has 0 heterocycles. The third kappa shape index (κ3) is 4.02. The summed E-state index contributed by atoms with van der Waals surface area (Å²) in [7, 11) is -3.46. The molecule has 0 amide bonds. The Kier molecular flexibility index (Phi) is 4.16. The summed E-state index contributed by atoms with van der Waals surface area (Å²) in [6.07, 6.45) is 0.909. The average Bonchev–Trinajstić information content (AvgIpc) is 2.27. The van der Waals surface area contributed by atoms with Crippen LogP contribution in [0.4, 0.5) is 5.69 Å². The first-order valence-corrected chi connectivity index (χ1v) is 7.10. The molecule has 1 aromatic rings. The van der Waals surface area contributed by atoms with E-state index in [0.717, 1.165) is 6.42 Å².